The molecular weight excluding hydrogens is 312 g/mol. The third-order valence-corrected chi connectivity index (χ3v) is 5.91. The minimum absolute atomic E-state index is 0.513. The van der Waals surface area contributed by atoms with Crippen LogP contribution in [-0.4, -0.2) is 10.7 Å². The molecule has 6 heteroatoms. The van der Waals surface area contributed by atoms with Gasteiger partial charge >= 0.3 is 0 Å². The summed E-state index contributed by atoms with van der Waals surface area (Å²) in [5, 5.41) is 0.513. The smallest absolute Gasteiger partial charge is 0.237 e. The van der Waals surface area contributed by atoms with Crippen LogP contribution in [0.15, 0.2) is 22.6 Å². The van der Waals surface area contributed by atoms with Crippen molar-refractivity contribution in [3.8, 4) is 10.8 Å². The monoisotopic (exact) mass is 322 g/mol. The Hall–Kier alpha value is -1.17. The number of oxazole rings is 1. The van der Waals surface area contributed by atoms with E-state index in [1.807, 2.05) is 11.8 Å². The highest BCUT2D eigenvalue weighted by atomic mass is 35.5. The second-order valence-electron chi connectivity index (χ2n) is 4.72. The van der Waals surface area contributed by atoms with Crippen molar-refractivity contribution in [3.63, 3.8) is 0 Å². The Bertz CT molecular complexity index is 746. The van der Waals surface area contributed by atoms with Crippen molar-refractivity contribution >= 4 is 51.5 Å². The predicted octanol–water partition coefficient (Wildman–Crippen LogP) is 4.58. The summed E-state index contributed by atoms with van der Waals surface area (Å²) in [6, 6.07) is 5.68. The van der Waals surface area contributed by atoms with Gasteiger partial charge in [0, 0.05) is 16.7 Å². The first-order valence-corrected chi connectivity index (χ1v) is 8.61. The number of nitrogens with zero attached hydrogens (tertiary/aromatic N) is 1. The molecule has 0 saturated heterocycles. The second kappa shape index (κ2) is 4.69. The SMILES string of the molecule is Nc1cc2oc(-c3cc4c(s3)CCSC4)nc2cc1Cl. The first kappa shape index (κ1) is 12.6. The van der Waals surface area contributed by atoms with Crippen molar-refractivity contribution in [2.75, 3.05) is 11.5 Å². The third-order valence-electron chi connectivity index (χ3n) is 3.35. The van der Waals surface area contributed by atoms with Crippen molar-refractivity contribution in [2.45, 2.75) is 12.2 Å². The van der Waals surface area contributed by atoms with E-state index in [4.69, 9.17) is 21.8 Å². The molecule has 102 valence electrons. The molecule has 0 spiro atoms. The number of nitrogen functional groups attached to an aromatic ring is 1. The summed E-state index contributed by atoms with van der Waals surface area (Å²) in [7, 11) is 0. The number of fused-ring (bicyclic) bond motifs is 2. The van der Waals surface area contributed by atoms with Gasteiger partial charge in [-0.2, -0.15) is 11.8 Å². The number of thioether (sulfide) groups is 1. The Morgan fingerprint density at radius 2 is 2.20 bits per heavy atom. The van der Waals surface area contributed by atoms with Crippen molar-refractivity contribution in [1.82, 2.24) is 4.98 Å². The summed E-state index contributed by atoms with van der Waals surface area (Å²) in [4.78, 5) is 7.07. The molecule has 0 atom stereocenters. The molecule has 0 radical (unpaired) electrons. The summed E-state index contributed by atoms with van der Waals surface area (Å²) in [5.74, 6) is 2.95. The van der Waals surface area contributed by atoms with Gasteiger partial charge in [0.1, 0.15) is 5.52 Å². The molecule has 0 aliphatic carbocycles. The molecule has 1 aliphatic rings. The van der Waals surface area contributed by atoms with Gasteiger partial charge in [-0.3, -0.25) is 0 Å². The Labute approximate surface area is 129 Å². The summed E-state index contributed by atoms with van der Waals surface area (Å²) < 4.78 is 5.82. The van der Waals surface area contributed by atoms with Crippen LogP contribution in [0.2, 0.25) is 5.02 Å². The van der Waals surface area contributed by atoms with Crippen LogP contribution in [0.5, 0.6) is 0 Å². The van der Waals surface area contributed by atoms with E-state index in [0.717, 1.165) is 22.6 Å². The van der Waals surface area contributed by atoms with E-state index >= 15 is 0 Å². The molecule has 0 unspecified atom stereocenters. The zero-order valence-electron chi connectivity index (χ0n) is 10.5. The molecule has 4 rings (SSSR count). The van der Waals surface area contributed by atoms with Gasteiger partial charge in [0.25, 0.3) is 0 Å². The van der Waals surface area contributed by atoms with Gasteiger partial charge in [-0.1, -0.05) is 11.6 Å². The number of benzene rings is 1. The number of halogens is 1. The fourth-order valence-electron chi connectivity index (χ4n) is 2.32. The van der Waals surface area contributed by atoms with Crippen molar-refractivity contribution in [2.24, 2.45) is 0 Å². The van der Waals surface area contributed by atoms with Gasteiger partial charge < -0.3 is 10.2 Å². The van der Waals surface area contributed by atoms with Gasteiger partial charge in [0.15, 0.2) is 5.58 Å². The van der Waals surface area contributed by atoms with E-state index in [0.29, 0.717) is 22.2 Å². The fourth-order valence-corrected chi connectivity index (χ4v) is 4.78. The van der Waals surface area contributed by atoms with E-state index in [1.165, 1.54) is 16.2 Å². The first-order chi connectivity index (χ1) is 9.70. The zero-order valence-corrected chi connectivity index (χ0v) is 12.9. The lowest BCUT2D eigenvalue weighted by atomic mass is 10.2. The largest absolute Gasteiger partial charge is 0.435 e. The summed E-state index contributed by atoms with van der Waals surface area (Å²) in [6.07, 6.45) is 1.14. The number of aryl methyl sites for hydroxylation is 1. The number of nitrogens with two attached hydrogens (primary N) is 1. The fraction of sp³-hybridized carbons (Fsp3) is 0.214. The molecule has 1 aromatic carbocycles. The van der Waals surface area contributed by atoms with Crippen molar-refractivity contribution in [1.29, 1.82) is 0 Å². The topological polar surface area (TPSA) is 52.0 Å². The Morgan fingerprint density at radius 1 is 1.30 bits per heavy atom. The van der Waals surface area contributed by atoms with E-state index < -0.39 is 0 Å². The predicted molar refractivity (Wildman–Crippen MR) is 86.6 cm³/mol. The van der Waals surface area contributed by atoms with Gasteiger partial charge in [-0.25, -0.2) is 4.98 Å². The van der Waals surface area contributed by atoms with Crippen LogP contribution in [0, 0.1) is 0 Å². The number of anilines is 1. The maximum absolute atomic E-state index is 6.02. The maximum Gasteiger partial charge on any atom is 0.237 e. The van der Waals surface area contributed by atoms with Gasteiger partial charge in [-0.05, 0) is 29.9 Å². The normalized spacial score (nSPS) is 14.7. The third kappa shape index (κ3) is 2.01. The minimum atomic E-state index is 0.513. The number of hydrogen-bond donors (Lipinski definition) is 1. The van der Waals surface area contributed by atoms with Crippen LogP contribution in [0.25, 0.3) is 21.9 Å². The Balaban J connectivity index is 1.83. The number of hydrogen-bond acceptors (Lipinski definition) is 5. The highest BCUT2D eigenvalue weighted by Gasteiger charge is 2.18. The Kier molecular flexibility index (Phi) is 2.94. The average Bonchev–Trinajstić information content (AvgIpc) is 3.02. The van der Waals surface area contributed by atoms with Crippen LogP contribution in [-0.2, 0) is 12.2 Å². The molecule has 0 amide bonds. The quantitative estimate of drug-likeness (QED) is 0.666. The summed E-state index contributed by atoms with van der Waals surface area (Å²) >= 11 is 9.77. The lowest BCUT2D eigenvalue weighted by Crippen LogP contribution is -1.96. The number of rotatable bonds is 1. The maximum atomic E-state index is 6.02. The van der Waals surface area contributed by atoms with Crippen LogP contribution in [0.3, 0.4) is 0 Å². The van der Waals surface area contributed by atoms with Gasteiger partial charge in [0.05, 0.1) is 15.6 Å². The van der Waals surface area contributed by atoms with E-state index in [9.17, 15) is 0 Å². The Morgan fingerprint density at radius 3 is 3.05 bits per heavy atom. The first-order valence-electron chi connectivity index (χ1n) is 6.26. The van der Waals surface area contributed by atoms with Crippen molar-refractivity contribution in [3.05, 3.63) is 33.7 Å². The average molecular weight is 323 g/mol. The van der Waals surface area contributed by atoms with Crippen molar-refractivity contribution < 1.29 is 4.42 Å². The molecule has 3 aromatic rings. The lowest BCUT2D eigenvalue weighted by molar-refractivity contribution is 0.622. The highest BCUT2D eigenvalue weighted by molar-refractivity contribution is 7.98. The summed E-state index contributed by atoms with van der Waals surface area (Å²) in [6.45, 7) is 0. The molecule has 1 aliphatic heterocycles. The van der Waals surface area contributed by atoms with Crippen LogP contribution < -0.4 is 5.73 Å². The van der Waals surface area contributed by atoms with Crippen LogP contribution >= 0.6 is 34.7 Å². The molecular formula is C14H11ClN2OS2. The molecule has 20 heavy (non-hydrogen) atoms. The standard InChI is InChI=1S/C14H11ClN2OS2/c15-8-4-10-11(5-9(8)16)18-14(17-10)13-3-7-6-19-2-1-12(7)20-13/h3-5H,1-2,6,16H2. The molecule has 0 saturated carbocycles. The van der Waals surface area contributed by atoms with E-state index in [2.05, 4.69) is 11.1 Å². The highest BCUT2D eigenvalue weighted by Crippen LogP contribution is 2.38. The second-order valence-corrected chi connectivity index (χ2v) is 7.37. The molecule has 0 bridgehead atoms. The van der Waals surface area contributed by atoms with Crippen LogP contribution in [0.1, 0.15) is 10.4 Å². The van der Waals surface area contributed by atoms with Gasteiger partial charge in [0.2, 0.25) is 5.89 Å². The van der Waals surface area contributed by atoms with E-state index in [1.54, 1.807) is 23.5 Å². The minimum Gasteiger partial charge on any atom is -0.435 e. The van der Waals surface area contributed by atoms with E-state index in [-0.39, 0.29) is 0 Å². The molecule has 3 heterocycles. The molecule has 2 aromatic heterocycles. The molecule has 0 fully saturated rings. The molecule has 2 N–H and O–H groups in total. The number of thiophene rings is 1. The van der Waals surface area contributed by atoms with Crippen LogP contribution in [0.4, 0.5) is 5.69 Å². The molecule has 3 nitrogen and oxygen atoms in total. The number of aromatic nitrogens is 1. The zero-order chi connectivity index (χ0) is 13.7. The van der Waals surface area contributed by atoms with Gasteiger partial charge in [-0.15, -0.1) is 11.3 Å². The summed E-state index contributed by atoms with van der Waals surface area (Å²) in [5.41, 5.74) is 9.16. The lowest BCUT2D eigenvalue weighted by Gasteiger charge is -2.08.